The standard InChI is InChI=1S/C14H26N4O6S2/c1-7(19)11(18-12(22)8(15)3-4-26-2)14(24)17-9(6-25)13(23)16-5-10(20)21/h7-9,11,19,25H,3-6,15H2,1-2H3,(H,16,23)(H,17,24)(H,18,22)(H,20,21). The van der Waals surface area contributed by atoms with Gasteiger partial charge in [-0.2, -0.15) is 24.4 Å². The first-order chi connectivity index (χ1) is 12.1. The summed E-state index contributed by atoms with van der Waals surface area (Å²) in [5.74, 6) is -2.84. The molecule has 150 valence electrons. The number of aliphatic hydroxyl groups is 1. The van der Waals surface area contributed by atoms with E-state index in [0.717, 1.165) is 0 Å². The Bertz CT molecular complexity index is 506. The van der Waals surface area contributed by atoms with Gasteiger partial charge in [0.05, 0.1) is 12.1 Å². The van der Waals surface area contributed by atoms with E-state index in [0.29, 0.717) is 12.2 Å². The van der Waals surface area contributed by atoms with E-state index in [1.54, 1.807) is 0 Å². The molecule has 0 bridgehead atoms. The number of nitrogens with one attached hydrogen (secondary N) is 3. The molecule has 0 fully saturated rings. The van der Waals surface area contributed by atoms with Gasteiger partial charge in [-0.1, -0.05) is 0 Å². The molecule has 0 aliphatic heterocycles. The van der Waals surface area contributed by atoms with Crippen LogP contribution in [0, 0.1) is 0 Å². The van der Waals surface area contributed by atoms with Crippen molar-refractivity contribution < 1.29 is 29.4 Å². The van der Waals surface area contributed by atoms with Gasteiger partial charge in [-0.25, -0.2) is 0 Å². The Balaban J connectivity index is 4.86. The molecule has 0 heterocycles. The van der Waals surface area contributed by atoms with Crippen molar-refractivity contribution in [2.24, 2.45) is 5.73 Å². The van der Waals surface area contributed by atoms with E-state index < -0.39 is 54.5 Å². The third-order valence-electron chi connectivity index (χ3n) is 3.26. The molecule has 0 aromatic heterocycles. The number of nitrogens with two attached hydrogens (primary N) is 1. The maximum atomic E-state index is 12.3. The van der Waals surface area contributed by atoms with Crippen LogP contribution < -0.4 is 21.7 Å². The Kier molecular flexibility index (Phi) is 12.1. The van der Waals surface area contributed by atoms with Crippen LogP contribution in [0.2, 0.25) is 0 Å². The molecule has 0 radical (unpaired) electrons. The lowest BCUT2D eigenvalue weighted by Gasteiger charge is -2.25. The molecular formula is C14H26N4O6S2. The van der Waals surface area contributed by atoms with Crippen LogP contribution in [0.25, 0.3) is 0 Å². The SMILES string of the molecule is CSCCC(N)C(=O)NC(C(=O)NC(CS)C(=O)NCC(=O)O)C(C)O. The van der Waals surface area contributed by atoms with Gasteiger partial charge in [0.15, 0.2) is 0 Å². The zero-order valence-electron chi connectivity index (χ0n) is 14.6. The Labute approximate surface area is 161 Å². The fourth-order valence-corrected chi connectivity index (χ4v) is 2.53. The highest BCUT2D eigenvalue weighted by atomic mass is 32.2. The molecule has 10 nitrogen and oxygen atoms in total. The number of rotatable bonds is 12. The number of aliphatic hydroxyl groups excluding tert-OH is 1. The normalized spacial score (nSPS) is 15.3. The van der Waals surface area contributed by atoms with E-state index in [1.165, 1.54) is 18.7 Å². The van der Waals surface area contributed by atoms with Crippen molar-refractivity contribution in [1.29, 1.82) is 0 Å². The van der Waals surface area contributed by atoms with Crippen LogP contribution in [-0.2, 0) is 19.2 Å². The van der Waals surface area contributed by atoms with Crippen LogP contribution >= 0.6 is 24.4 Å². The van der Waals surface area contributed by atoms with Gasteiger partial charge in [-0.3, -0.25) is 19.2 Å². The van der Waals surface area contributed by atoms with Crippen molar-refractivity contribution >= 4 is 48.1 Å². The predicted octanol–water partition coefficient (Wildman–Crippen LogP) is -2.45. The van der Waals surface area contributed by atoms with Crippen molar-refractivity contribution in [3.63, 3.8) is 0 Å². The van der Waals surface area contributed by atoms with E-state index in [2.05, 4.69) is 28.6 Å². The van der Waals surface area contributed by atoms with Crippen LogP contribution in [0.15, 0.2) is 0 Å². The van der Waals surface area contributed by atoms with Crippen LogP contribution in [0.4, 0.5) is 0 Å². The number of carboxylic acid groups (broad SMARTS) is 1. The van der Waals surface area contributed by atoms with Gasteiger partial charge in [-0.05, 0) is 25.4 Å². The van der Waals surface area contributed by atoms with Crippen molar-refractivity contribution in [2.45, 2.75) is 37.6 Å². The number of thioether (sulfide) groups is 1. The summed E-state index contributed by atoms with van der Waals surface area (Å²) in [6.45, 7) is 0.692. The van der Waals surface area contributed by atoms with Gasteiger partial charge >= 0.3 is 5.97 Å². The molecule has 0 rings (SSSR count). The monoisotopic (exact) mass is 410 g/mol. The Morgan fingerprint density at radius 1 is 1.15 bits per heavy atom. The Morgan fingerprint density at radius 2 is 1.77 bits per heavy atom. The van der Waals surface area contributed by atoms with Crippen molar-refractivity contribution in [1.82, 2.24) is 16.0 Å². The van der Waals surface area contributed by atoms with Gasteiger partial charge in [0.2, 0.25) is 17.7 Å². The number of carbonyl (C=O) groups is 4. The smallest absolute Gasteiger partial charge is 0.322 e. The predicted molar refractivity (Wildman–Crippen MR) is 101 cm³/mol. The lowest BCUT2D eigenvalue weighted by Crippen LogP contribution is -2.59. The molecule has 0 aliphatic rings. The summed E-state index contributed by atoms with van der Waals surface area (Å²) >= 11 is 5.46. The van der Waals surface area contributed by atoms with E-state index in [9.17, 15) is 24.3 Å². The molecule has 26 heavy (non-hydrogen) atoms. The van der Waals surface area contributed by atoms with E-state index >= 15 is 0 Å². The zero-order valence-corrected chi connectivity index (χ0v) is 16.3. The Hall–Kier alpha value is -1.50. The minimum atomic E-state index is -1.32. The first-order valence-electron chi connectivity index (χ1n) is 7.77. The van der Waals surface area contributed by atoms with Crippen LogP contribution in [-0.4, -0.2) is 82.4 Å². The van der Waals surface area contributed by atoms with Crippen LogP contribution in [0.1, 0.15) is 13.3 Å². The first kappa shape index (κ1) is 24.5. The third kappa shape index (κ3) is 9.27. The third-order valence-corrected chi connectivity index (χ3v) is 4.27. The molecule has 12 heteroatoms. The lowest BCUT2D eigenvalue weighted by molar-refractivity contribution is -0.138. The second kappa shape index (κ2) is 12.8. The largest absolute Gasteiger partial charge is 0.480 e. The van der Waals surface area contributed by atoms with Gasteiger partial charge in [-0.15, -0.1) is 0 Å². The highest BCUT2D eigenvalue weighted by Gasteiger charge is 2.30. The number of amides is 3. The quantitative estimate of drug-likeness (QED) is 0.174. The van der Waals surface area contributed by atoms with Gasteiger partial charge in [0.1, 0.15) is 18.6 Å². The summed E-state index contributed by atoms with van der Waals surface area (Å²) in [4.78, 5) is 46.7. The molecule has 3 amide bonds. The first-order valence-corrected chi connectivity index (χ1v) is 9.80. The van der Waals surface area contributed by atoms with Gasteiger partial charge in [0.25, 0.3) is 0 Å². The molecule has 0 aromatic rings. The molecule has 4 atom stereocenters. The average Bonchev–Trinajstić information content (AvgIpc) is 2.58. The number of hydrogen-bond acceptors (Lipinski definition) is 8. The number of carbonyl (C=O) groups excluding carboxylic acids is 3. The van der Waals surface area contributed by atoms with Crippen molar-refractivity contribution in [3.05, 3.63) is 0 Å². The maximum absolute atomic E-state index is 12.3. The molecular weight excluding hydrogens is 384 g/mol. The fourth-order valence-electron chi connectivity index (χ4n) is 1.78. The lowest BCUT2D eigenvalue weighted by atomic mass is 10.1. The van der Waals surface area contributed by atoms with Gasteiger partial charge < -0.3 is 31.9 Å². The molecule has 4 unspecified atom stereocenters. The average molecular weight is 411 g/mol. The number of thiol groups is 1. The summed E-state index contributed by atoms with van der Waals surface area (Å²) < 4.78 is 0. The van der Waals surface area contributed by atoms with E-state index in [4.69, 9.17) is 10.8 Å². The number of aliphatic carboxylic acids is 1. The molecule has 0 aromatic carbocycles. The van der Waals surface area contributed by atoms with E-state index in [1.807, 2.05) is 6.26 Å². The van der Waals surface area contributed by atoms with E-state index in [-0.39, 0.29) is 5.75 Å². The van der Waals surface area contributed by atoms with Crippen LogP contribution in [0.3, 0.4) is 0 Å². The Morgan fingerprint density at radius 3 is 2.23 bits per heavy atom. The summed E-state index contributed by atoms with van der Waals surface area (Å²) in [6.07, 6.45) is 1.02. The second-order valence-electron chi connectivity index (χ2n) is 5.47. The summed E-state index contributed by atoms with van der Waals surface area (Å²) in [7, 11) is 0. The molecule has 0 spiro atoms. The van der Waals surface area contributed by atoms with Crippen LogP contribution in [0.5, 0.6) is 0 Å². The van der Waals surface area contributed by atoms with Crippen molar-refractivity contribution in [2.75, 3.05) is 24.3 Å². The number of hydrogen-bond donors (Lipinski definition) is 7. The fraction of sp³-hybridized carbons (Fsp3) is 0.714. The second-order valence-corrected chi connectivity index (χ2v) is 6.82. The number of carboxylic acids is 1. The summed E-state index contributed by atoms with van der Waals surface area (Å²) in [5, 5.41) is 25.1. The van der Waals surface area contributed by atoms with Crippen molar-refractivity contribution in [3.8, 4) is 0 Å². The summed E-state index contributed by atoms with van der Waals surface area (Å²) in [5.41, 5.74) is 5.72. The molecule has 7 N–H and O–H groups in total. The molecule has 0 saturated carbocycles. The molecule has 0 saturated heterocycles. The topological polar surface area (TPSA) is 171 Å². The highest BCUT2D eigenvalue weighted by molar-refractivity contribution is 7.98. The minimum absolute atomic E-state index is 0.106. The molecule has 0 aliphatic carbocycles. The summed E-state index contributed by atoms with van der Waals surface area (Å²) in [6, 6.07) is -3.29. The maximum Gasteiger partial charge on any atom is 0.322 e. The highest BCUT2D eigenvalue weighted by Crippen LogP contribution is 2.01. The zero-order chi connectivity index (χ0) is 20.3. The van der Waals surface area contributed by atoms with Gasteiger partial charge in [0, 0.05) is 5.75 Å². The minimum Gasteiger partial charge on any atom is -0.480 e.